The second-order valence-corrected chi connectivity index (χ2v) is 5.99. The minimum absolute atomic E-state index is 0.120. The standard InChI is InChI=1S/C14H26N2O/c1-6-11(2)16-8-7-13(15-16)9-12(10-17)14(3,4)5/h7-8,11-12,17H,6,9-10H2,1-5H3. The van der Waals surface area contributed by atoms with E-state index in [0.29, 0.717) is 6.04 Å². The van der Waals surface area contributed by atoms with Crippen molar-refractivity contribution in [3.63, 3.8) is 0 Å². The van der Waals surface area contributed by atoms with Gasteiger partial charge < -0.3 is 5.11 Å². The largest absolute Gasteiger partial charge is 0.396 e. The van der Waals surface area contributed by atoms with Gasteiger partial charge in [-0.1, -0.05) is 27.7 Å². The molecule has 0 fully saturated rings. The van der Waals surface area contributed by atoms with Crippen LogP contribution in [-0.4, -0.2) is 21.5 Å². The van der Waals surface area contributed by atoms with E-state index >= 15 is 0 Å². The molecular formula is C14H26N2O. The number of hydrogen-bond acceptors (Lipinski definition) is 2. The van der Waals surface area contributed by atoms with Gasteiger partial charge >= 0.3 is 0 Å². The molecule has 3 nitrogen and oxygen atoms in total. The van der Waals surface area contributed by atoms with E-state index in [2.05, 4.69) is 45.8 Å². The summed E-state index contributed by atoms with van der Waals surface area (Å²) >= 11 is 0. The first-order valence-corrected chi connectivity index (χ1v) is 6.53. The molecule has 98 valence electrons. The predicted octanol–water partition coefficient (Wildman–Crippen LogP) is 3.05. The van der Waals surface area contributed by atoms with Gasteiger partial charge in [0.1, 0.15) is 0 Å². The van der Waals surface area contributed by atoms with Crippen LogP contribution in [0.3, 0.4) is 0 Å². The summed E-state index contributed by atoms with van der Waals surface area (Å²) in [6.07, 6.45) is 3.98. The monoisotopic (exact) mass is 238 g/mol. The quantitative estimate of drug-likeness (QED) is 0.856. The molecule has 0 spiro atoms. The van der Waals surface area contributed by atoms with Gasteiger partial charge in [0.15, 0.2) is 0 Å². The summed E-state index contributed by atoms with van der Waals surface area (Å²) in [5.74, 6) is 0.266. The highest BCUT2D eigenvalue weighted by molar-refractivity contribution is 5.02. The fraction of sp³-hybridized carbons (Fsp3) is 0.786. The lowest BCUT2D eigenvalue weighted by atomic mass is 9.79. The van der Waals surface area contributed by atoms with E-state index in [1.807, 2.05) is 10.9 Å². The van der Waals surface area contributed by atoms with Crippen molar-refractivity contribution in [1.82, 2.24) is 9.78 Å². The highest BCUT2D eigenvalue weighted by Crippen LogP contribution is 2.28. The molecule has 0 amide bonds. The number of aliphatic hydroxyl groups is 1. The molecule has 0 aromatic carbocycles. The molecule has 0 saturated heterocycles. The number of aromatic nitrogens is 2. The highest BCUT2D eigenvalue weighted by Gasteiger charge is 2.24. The minimum atomic E-state index is 0.120. The molecule has 1 heterocycles. The van der Waals surface area contributed by atoms with Crippen LogP contribution in [0.25, 0.3) is 0 Å². The third-order valence-electron chi connectivity index (χ3n) is 3.61. The topological polar surface area (TPSA) is 38.0 Å². The summed E-state index contributed by atoms with van der Waals surface area (Å²) in [5, 5.41) is 14.0. The molecule has 17 heavy (non-hydrogen) atoms. The maximum atomic E-state index is 9.45. The van der Waals surface area contributed by atoms with Crippen LogP contribution >= 0.6 is 0 Å². The highest BCUT2D eigenvalue weighted by atomic mass is 16.3. The zero-order valence-electron chi connectivity index (χ0n) is 11.8. The Balaban J connectivity index is 2.71. The van der Waals surface area contributed by atoms with E-state index in [1.54, 1.807) is 0 Å². The lowest BCUT2D eigenvalue weighted by Crippen LogP contribution is -2.26. The van der Waals surface area contributed by atoms with Crippen LogP contribution < -0.4 is 0 Å². The second-order valence-electron chi connectivity index (χ2n) is 5.99. The van der Waals surface area contributed by atoms with Crippen LogP contribution in [0.2, 0.25) is 0 Å². The van der Waals surface area contributed by atoms with Crippen molar-refractivity contribution in [2.24, 2.45) is 11.3 Å². The third-order valence-corrected chi connectivity index (χ3v) is 3.61. The van der Waals surface area contributed by atoms with Crippen LogP contribution in [0.5, 0.6) is 0 Å². The van der Waals surface area contributed by atoms with Gasteiger partial charge in [0.05, 0.1) is 5.69 Å². The Morgan fingerprint density at radius 2 is 2.06 bits per heavy atom. The molecule has 0 saturated carbocycles. The summed E-state index contributed by atoms with van der Waals surface area (Å²) in [6.45, 7) is 11.1. The lowest BCUT2D eigenvalue weighted by Gasteiger charge is -2.28. The molecule has 0 aliphatic carbocycles. The Bertz CT molecular complexity index is 338. The normalized spacial score (nSPS) is 15.9. The van der Waals surface area contributed by atoms with Crippen LogP contribution in [-0.2, 0) is 6.42 Å². The SMILES string of the molecule is CCC(C)n1ccc(CC(CO)C(C)(C)C)n1. The molecule has 0 bridgehead atoms. The number of rotatable bonds is 5. The maximum absolute atomic E-state index is 9.45. The number of hydrogen-bond donors (Lipinski definition) is 1. The smallest absolute Gasteiger partial charge is 0.0628 e. The predicted molar refractivity (Wildman–Crippen MR) is 71.0 cm³/mol. The molecule has 0 aliphatic rings. The van der Waals surface area contributed by atoms with Gasteiger partial charge in [-0.15, -0.1) is 0 Å². The molecule has 2 unspecified atom stereocenters. The van der Waals surface area contributed by atoms with E-state index in [4.69, 9.17) is 0 Å². The maximum Gasteiger partial charge on any atom is 0.0628 e. The van der Waals surface area contributed by atoms with Crippen LogP contribution in [0.1, 0.15) is 52.8 Å². The average molecular weight is 238 g/mol. The number of nitrogens with zero attached hydrogens (tertiary/aromatic N) is 2. The van der Waals surface area contributed by atoms with E-state index < -0.39 is 0 Å². The van der Waals surface area contributed by atoms with Gasteiger partial charge in [-0.05, 0) is 37.2 Å². The zero-order valence-corrected chi connectivity index (χ0v) is 11.8. The van der Waals surface area contributed by atoms with Gasteiger partial charge in [0.25, 0.3) is 0 Å². The van der Waals surface area contributed by atoms with Crippen molar-refractivity contribution in [1.29, 1.82) is 0 Å². The second kappa shape index (κ2) is 5.67. The van der Waals surface area contributed by atoms with Crippen molar-refractivity contribution in [2.75, 3.05) is 6.61 Å². The molecule has 0 aliphatic heterocycles. The molecule has 2 atom stereocenters. The molecule has 3 heteroatoms. The summed E-state index contributed by atoms with van der Waals surface area (Å²) in [6, 6.07) is 2.52. The van der Waals surface area contributed by atoms with Crippen LogP contribution in [0, 0.1) is 11.3 Å². The van der Waals surface area contributed by atoms with Crippen molar-refractivity contribution >= 4 is 0 Å². The first kappa shape index (κ1) is 14.2. The van der Waals surface area contributed by atoms with Crippen LogP contribution in [0.4, 0.5) is 0 Å². The van der Waals surface area contributed by atoms with Crippen molar-refractivity contribution in [3.05, 3.63) is 18.0 Å². The van der Waals surface area contributed by atoms with Gasteiger partial charge in [0, 0.05) is 18.8 Å². The Labute approximate surface area is 105 Å². The summed E-state index contributed by atoms with van der Waals surface area (Å²) in [4.78, 5) is 0. The fourth-order valence-electron chi connectivity index (χ4n) is 1.82. The third kappa shape index (κ3) is 3.84. The molecule has 1 N–H and O–H groups in total. The molecule has 1 rings (SSSR count). The first-order chi connectivity index (χ1) is 7.88. The minimum Gasteiger partial charge on any atom is -0.396 e. The van der Waals surface area contributed by atoms with E-state index in [1.165, 1.54) is 0 Å². The molecule has 1 aromatic heterocycles. The zero-order chi connectivity index (χ0) is 13.1. The van der Waals surface area contributed by atoms with Crippen molar-refractivity contribution in [2.45, 2.75) is 53.5 Å². The molecule has 1 aromatic rings. The van der Waals surface area contributed by atoms with E-state index in [-0.39, 0.29) is 17.9 Å². The van der Waals surface area contributed by atoms with Gasteiger partial charge in [-0.2, -0.15) is 5.10 Å². The Hall–Kier alpha value is -0.830. The van der Waals surface area contributed by atoms with Crippen LogP contribution in [0.15, 0.2) is 12.3 Å². The Kier molecular flexibility index (Phi) is 4.75. The Morgan fingerprint density at radius 3 is 2.53 bits per heavy atom. The number of aliphatic hydroxyl groups excluding tert-OH is 1. The van der Waals surface area contributed by atoms with Crippen molar-refractivity contribution in [3.8, 4) is 0 Å². The van der Waals surface area contributed by atoms with Gasteiger partial charge in [-0.3, -0.25) is 4.68 Å². The fourth-order valence-corrected chi connectivity index (χ4v) is 1.82. The summed E-state index contributed by atoms with van der Waals surface area (Å²) in [5.41, 5.74) is 1.20. The van der Waals surface area contributed by atoms with Gasteiger partial charge in [-0.25, -0.2) is 0 Å². The average Bonchev–Trinajstić information content (AvgIpc) is 2.71. The summed E-state index contributed by atoms with van der Waals surface area (Å²) < 4.78 is 2.02. The Morgan fingerprint density at radius 1 is 1.41 bits per heavy atom. The van der Waals surface area contributed by atoms with Gasteiger partial charge in [0.2, 0.25) is 0 Å². The van der Waals surface area contributed by atoms with E-state index in [9.17, 15) is 5.11 Å². The van der Waals surface area contributed by atoms with E-state index in [0.717, 1.165) is 18.5 Å². The molecule has 0 radical (unpaired) electrons. The first-order valence-electron chi connectivity index (χ1n) is 6.53. The van der Waals surface area contributed by atoms with Crippen molar-refractivity contribution < 1.29 is 5.11 Å². The summed E-state index contributed by atoms with van der Waals surface area (Å²) in [7, 11) is 0. The lowest BCUT2D eigenvalue weighted by molar-refractivity contribution is 0.130. The molecular weight excluding hydrogens is 212 g/mol.